The van der Waals surface area contributed by atoms with Crippen molar-refractivity contribution >= 4 is 16.3 Å². The van der Waals surface area contributed by atoms with Crippen molar-refractivity contribution in [1.82, 2.24) is 4.67 Å². The number of phosphoric acid groups is 1. The third-order valence-electron chi connectivity index (χ3n) is 2.77. The van der Waals surface area contributed by atoms with E-state index in [4.69, 9.17) is 27.9 Å². The Labute approximate surface area is 153 Å². The van der Waals surface area contributed by atoms with Crippen LogP contribution < -0.4 is 0 Å². The van der Waals surface area contributed by atoms with Crippen LogP contribution in [0, 0.1) is 11.3 Å². The molecule has 0 spiro atoms. The first kappa shape index (κ1) is 24.9. The summed E-state index contributed by atoms with van der Waals surface area (Å²) >= 11 is 0. The molecule has 0 saturated heterocycles. The zero-order valence-corrected chi connectivity index (χ0v) is 17.9. The van der Waals surface area contributed by atoms with E-state index in [9.17, 15) is 4.57 Å². The first-order chi connectivity index (χ1) is 11.8. The van der Waals surface area contributed by atoms with Gasteiger partial charge in [0.05, 0.1) is 45.5 Å². The molecule has 8 nitrogen and oxygen atoms in total. The molecule has 0 N–H and O–H groups in total. The summed E-state index contributed by atoms with van der Waals surface area (Å²) in [5, 5.41) is 8.68. The predicted molar refractivity (Wildman–Crippen MR) is 98.0 cm³/mol. The van der Waals surface area contributed by atoms with Gasteiger partial charge in [-0.15, -0.1) is 0 Å². The van der Waals surface area contributed by atoms with Crippen molar-refractivity contribution in [3.8, 4) is 6.07 Å². The van der Waals surface area contributed by atoms with Crippen LogP contribution in [0.5, 0.6) is 0 Å². The Bertz CT molecular complexity index is 413. The highest BCUT2D eigenvalue weighted by Crippen LogP contribution is 2.50. The van der Waals surface area contributed by atoms with Crippen molar-refractivity contribution in [2.24, 2.45) is 0 Å². The summed E-state index contributed by atoms with van der Waals surface area (Å²) in [4.78, 5) is 0. The molecule has 0 aliphatic carbocycles. The Kier molecular flexibility index (Phi) is 14.0. The SMILES string of the molecule is CCOP(=O)(OCC)OCCOP(OCCC#N)N(C(C)C)C(C)C. The second-order valence-corrected chi connectivity index (χ2v) is 8.62. The molecule has 0 aromatic rings. The average molecular weight is 398 g/mol. The number of hydrogen-bond donors (Lipinski definition) is 0. The summed E-state index contributed by atoms with van der Waals surface area (Å²) in [6.45, 7) is 12.7. The Morgan fingerprint density at radius 3 is 1.92 bits per heavy atom. The molecule has 0 fully saturated rings. The summed E-state index contributed by atoms with van der Waals surface area (Å²) in [5.41, 5.74) is 0. The van der Waals surface area contributed by atoms with E-state index < -0.39 is 16.3 Å². The molecule has 0 aromatic carbocycles. The fraction of sp³-hybridized carbons (Fsp3) is 0.933. The third kappa shape index (κ3) is 10.6. The van der Waals surface area contributed by atoms with Gasteiger partial charge in [0, 0.05) is 12.1 Å². The minimum absolute atomic E-state index is 0.0573. The number of hydrogen-bond acceptors (Lipinski definition) is 8. The molecule has 0 aliphatic heterocycles. The first-order valence-electron chi connectivity index (χ1n) is 8.56. The zero-order chi connectivity index (χ0) is 19.3. The van der Waals surface area contributed by atoms with Gasteiger partial charge in [-0.25, -0.2) is 9.24 Å². The van der Waals surface area contributed by atoms with Gasteiger partial charge < -0.3 is 9.05 Å². The second-order valence-electron chi connectivity index (χ2n) is 5.50. The van der Waals surface area contributed by atoms with Crippen LogP contribution in [-0.2, 0) is 27.2 Å². The fourth-order valence-corrected chi connectivity index (χ4v) is 4.73. The van der Waals surface area contributed by atoms with Gasteiger partial charge in [-0.2, -0.15) is 5.26 Å². The Hall–Kier alpha value is -0.0900. The number of phosphoric ester groups is 1. The molecule has 25 heavy (non-hydrogen) atoms. The van der Waals surface area contributed by atoms with Gasteiger partial charge >= 0.3 is 7.82 Å². The molecule has 0 bridgehead atoms. The Balaban J connectivity index is 4.65. The molecule has 0 radical (unpaired) electrons. The van der Waals surface area contributed by atoms with Crippen molar-refractivity contribution in [1.29, 1.82) is 5.26 Å². The number of nitrogens with zero attached hydrogens (tertiary/aromatic N) is 2. The van der Waals surface area contributed by atoms with Gasteiger partial charge in [0.25, 0.3) is 8.53 Å². The van der Waals surface area contributed by atoms with Crippen molar-refractivity contribution in [2.45, 2.75) is 60.0 Å². The van der Waals surface area contributed by atoms with E-state index >= 15 is 0 Å². The average Bonchev–Trinajstić information content (AvgIpc) is 2.51. The monoisotopic (exact) mass is 398 g/mol. The van der Waals surface area contributed by atoms with Crippen molar-refractivity contribution in [3.05, 3.63) is 0 Å². The van der Waals surface area contributed by atoms with Gasteiger partial charge in [-0.3, -0.25) is 13.6 Å². The number of nitriles is 1. The van der Waals surface area contributed by atoms with E-state index in [0.29, 0.717) is 13.0 Å². The molecular weight excluding hydrogens is 366 g/mol. The third-order valence-corrected chi connectivity index (χ3v) is 6.53. The van der Waals surface area contributed by atoms with Crippen molar-refractivity contribution in [3.63, 3.8) is 0 Å². The smallest absolute Gasteiger partial charge is 0.321 e. The molecule has 10 heteroatoms. The second kappa shape index (κ2) is 14.0. The van der Waals surface area contributed by atoms with Crippen LogP contribution in [0.3, 0.4) is 0 Å². The normalized spacial score (nSPS) is 13.6. The molecule has 0 amide bonds. The maximum absolute atomic E-state index is 12.2. The van der Waals surface area contributed by atoms with Crippen LogP contribution in [-0.4, -0.2) is 49.8 Å². The van der Waals surface area contributed by atoms with E-state index in [1.807, 2.05) is 0 Å². The van der Waals surface area contributed by atoms with E-state index in [2.05, 4.69) is 38.4 Å². The molecule has 0 aliphatic rings. The molecule has 0 heterocycles. The lowest BCUT2D eigenvalue weighted by atomic mass is 10.3. The standard InChI is InChI=1S/C15H32N2O6P2/c1-7-21-25(18,22-8-2)23-13-12-20-24(19-11-9-10-16)17(14(3)4)15(5)6/h14-15H,7-9,11-13H2,1-6H3. The Morgan fingerprint density at radius 1 is 0.960 bits per heavy atom. The van der Waals surface area contributed by atoms with Gasteiger partial charge in [0.2, 0.25) is 0 Å². The topological polar surface area (TPSA) is 90.3 Å². The summed E-state index contributed by atoms with van der Waals surface area (Å²) < 4.78 is 41.3. The van der Waals surface area contributed by atoms with Crippen LogP contribution in [0.2, 0.25) is 0 Å². The van der Waals surface area contributed by atoms with Crippen LogP contribution in [0.1, 0.15) is 48.0 Å². The zero-order valence-electron chi connectivity index (χ0n) is 16.1. The highest BCUT2D eigenvalue weighted by Gasteiger charge is 2.28. The largest absolute Gasteiger partial charge is 0.474 e. The summed E-state index contributed by atoms with van der Waals surface area (Å²) in [7, 11) is -4.88. The molecular formula is C15H32N2O6P2. The van der Waals surface area contributed by atoms with Crippen LogP contribution in [0.4, 0.5) is 0 Å². The number of rotatable bonds is 15. The molecule has 148 valence electrons. The highest BCUT2D eigenvalue weighted by atomic mass is 31.2. The van der Waals surface area contributed by atoms with Crippen LogP contribution >= 0.6 is 16.3 Å². The highest BCUT2D eigenvalue weighted by molar-refractivity contribution is 7.48. The molecule has 0 saturated carbocycles. The Morgan fingerprint density at radius 2 is 1.48 bits per heavy atom. The van der Waals surface area contributed by atoms with Crippen molar-refractivity contribution < 1.29 is 27.2 Å². The predicted octanol–water partition coefficient (Wildman–Crippen LogP) is 4.48. The molecule has 1 unspecified atom stereocenters. The quantitative estimate of drug-likeness (QED) is 0.295. The summed E-state index contributed by atoms with van der Waals surface area (Å²) in [5.74, 6) is 0. The molecule has 0 rings (SSSR count). The van der Waals surface area contributed by atoms with Crippen molar-refractivity contribution in [2.75, 3.05) is 33.0 Å². The van der Waals surface area contributed by atoms with Gasteiger partial charge in [-0.1, -0.05) is 0 Å². The summed E-state index contributed by atoms with van der Waals surface area (Å²) in [6, 6.07) is 2.48. The maximum Gasteiger partial charge on any atom is 0.474 e. The van der Waals surface area contributed by atoms with E-state index in [1.165, 1.54) is 0 Å². The molecule has 0 aromatic heterocycles. The van der Waals surface area contributed by atoms with Crippen LogP contribution in [0.25, 0.3) is 0 Å². The lowest BCUT2D eigenvalue weighted by Gasteiger charge is -2.35. The van der Waals surface area contributed by atoms with Gasteiger partial charge in [-0.05, 0) is 41.5 Å². The van der Waals surface area contributed by atoms with E-state index in [1.54, 1.807) is 13.8 Å². The lowest BCUT2D eigenvalue weighted by Crippen LogP contribution is -2.34. The van der Waals surface area contributed by atoms with E-state index in [-0.39, 0.29) is 38.5 Å². The molecule has 1 atom stereocenters. The fourth-order valence-electron chi connectivity index (χ4n) is 2.01. The lowest BCUT2D eigenvalue weighted by molar-refractivity contribution is 0.0986. The maximum atomic E-state index is 12.2. The minimum Gasteiger partial charge on any atom is -0.321 e. The summed E-state index contributed by atoms with van der Waals surface area (Å²) in [6.07, 6.45) is 0.298. The van der Waals surface area contributed by atoms with Crippen LogP contribution in [0.15, 0.2) is 0 Å². The van der Waals surface area contributed by atoms with Gasteiger partial charge in [0.15, 0.2) is 0 Å². The minimum atomic E-state index is -3.54. The van der Waals surface area contributed by atoms with Gasteiger partial charge in [0.1, 0.15) is 0 Å². The first-order valence-corrected chi connectivity index (χ1v) is 11.1. The van der Waals surface area contributed by atoms with E-state index in [0.717, 1.165) is 0 Å².